The Kier molecular flexibility index (Phi) is 5.33. The molecule has 0 aliphatic heterocycles. The number of thiocarbonyl (C=S) groups is 1. The molecule has 0 saturated heterocycles. The topological polar surface area (TPSA) is 93.5 Å². The molecule has 0 saturated carbocycles. The molecule has 0 fully saturated rings. The fourth-order valence-corrected chi connectivity index (χ4v) is 5.17. The molecule has 1 aromatic heterocycles. The van der Waals surface area contributed by atoms with Crippen molar-refractivity contribution in [2.24, 2.45) is 5.73 Å². The Morgan fingerprint density at radius 3 is 2.71 bits per heavy atom. The number of hydrogen-bond donors (Lipinski definition) is 3. The summed E-state index contributed by atoms with van der Waals surface area (Å²) in [6.45, 7) is 1.54. The van der Waals surface area contributed by atoms with Crippen LogP contribution in [0.1, 0.15) is 11.8 Å². The lowest BCUT2D eigenvalue weighted by Crippen LogP contribution is -2.51. The lowest BCUT2D eigenvalue weighted by Gasteiger charge is -2.29. The van der Waals surface area contributed by atoms with E-state index in [0.29, 0.717) is 15.8 Å². The Bertz CT molecular complexity index is 882. The molecule has 0 aliphatic rings. The molecule has 0 unspecified atom stereocenters. The molecule has 0 radical (unpaired) electrons. The van der Waals surface area contributed by atoms with Gasteiger partial charge in [-0.15, -0.1) is 11.3 Å². The summed E-state index contributed by atoms with van der Waals surface area (Å²) in [5.74, 6) is -0.442. The highest BCUT2D eigenvalue weighted by atomic mass is 32.2. The number of nitrogens with two attached hydrogens (primary N) is 1. The number of halogens is 1. The Morgan fingerprint density at radius 2 is 2.17 bits per heavy atom. The van der Waals surface area contributed by atoms with Crippen LogP contribution in [-0.4, -0.2) is 33.4 Å². The smallest absolute Gasteiger partial charge is 0.214 e. The van der Waals surface area contributed by atoms with Gasteiger partial charge in [-0.25, -0.2) is 17.5 Å². The van der Waals surface area contributed by atoms with Crippen molar-refractivity contribution in [1.29, 1.82) is 0 Å². The molecular formula is C14H18FN3O3S3. The van der Waals surface area contributed by atoms with Gasteiger partial charge in [0.15, 0.2) is 5.11 Å². The number of hydrogen-bond acceptors (Lipinski definition) is 5. The lowest BCUT2D eigenvalue weighted by atomic mass is 10.0. The zero-order valence-corrected chi connectivity index (χ0v) is 15.8. The summed E-state index contributed by atoms with van der Waals surface area (Å²) in [7, 11) is -0.877. The van der Waals surface area contributed by atoms with Crippen molar-refractivity contribution < 1.29 is 17.5 Å². The van der Waals surface area contributed by atoms with Gasteiger partial charge in [-0.05, 0) is 32.3 Å². The summed E-state index contributed by atoms with van der Waals surface area (Å²) >= 11 is 5.96. The molecule has 0 spiro atoms. The number of fused-ring (bicyclic) bond motifs is 1. The highest BCUT2D eigenvalue weighted by molar-refractivity contribution is 7.89. The van der Waals surface area contributed by atoms with Gasteiger partial charge in [-0.3, -0.25) is 0 Å². The predicted molar refractivity (Wildman–Crippen MR) is 98.5 cm³/mol. The van der Waals surface area contributed by atoms with Crippen LogP contribution in [0.25, 0.3) is 10.1 Å². The van der Waals surface area contributed by atoms with E-state index in [2.05, 4.69) is 10.0 Å². The molecule has 24 heavy (non-hydrogen) atoms. The average Bonchev–Trinajstić information content (AvgIpc) is 2.84. The van der Waals surface area contributed by atoms with Crippen LogP contribution in [0.5, 0.6) is 5.75 Å². The van der Waals surface area contributed by atoms with E-state index in [9.17, 15) is 12.8 Å². The van der Waals surface area contributed by atoms with E-state index in [1.165, 1.54) is 14.2 Å². The molecule has 0 amide bonds. The van der Waals surface area contributed by atoms with E-state index in [0.717, 1.165) is 11.3 Å². The van der Waals surface area contributed by atoms with E-state index in [4.69, 9.17) is 22.7 Å². The standard InChI is InChI=1S/C14H18FN3O3S3/c1-14(18-13(16)22,7-24(19,20)17-2)12-10(15)8-5-4-6-9(21-3)11(8)23-12/h4-6,17H,7H2,1-3H3,(H3,16,18,22)/t14-/m0/s1. The van der Waals surface area contributed by atoms with Gasteiger partial charge in [0.05, 0.1) is 28.0 Å². The maximum Gasteiger partial charge on any atom is 0.214 e. The van der Waals surface area contributed by atoms with E-state index in [1.54, 1.807) is 25.1 Å². The van der Waals surface area contributed by atoms with E-state index >= 15 is 0 Å². The minimum atomic E-state index is -3.66. The van der Waals surface area contributed by atoms with Crippen molar-refractivity contribution in [3.63, 3.8) is 0 Å². The summed E-state index contributed by atoms with van der Waals surface area (Å²) in [6.07, 6.45) is 0. The number of benzene rings is 1. The third kappa shape index (κ3) is 3.61. The maximum atomic E-state index is 15.0. The highest BCUT2D eigenvalue weighted by Gasteiger charge is 2.37. The summed E-state index contributed by atoms with van der Waals surface area (Å²) in [5, 5.41) is 2.96. The van der Waals surface area contributed by atoms with Gasteiger partial charge in [0.2, 0.25) is 10.0 Å². The third-order valence-corrected chi connectivity index (χ3v) is 6.67. The van der Waals surface area contributed by atoms with Gasteiger partial charge < -0.3 is 15.8 Å². The number of thiophene rings is 1. The summed E-state index contributed by atoms with van der Waals surface area (Å²) in [4.78, 5) is 0.189. The van der Waals surface area contributed by atoms with Crippen molar-refractivity contribution in [2.45, 2.75) is 12.5 Å². The van der Waals surface area contributed by atoms with E-state index < -0.39 is 27.1 Å². The molecule has 1 heterocycles. The first-order valence-corrected chi connectivity index (χ1v) is 9.75. The molecular weight excluding hydrogens is 373 g/mol. The molecule has 2 rings (SSSR count). The zero-order valence-electron chi connectivity index (χ0n) is 13.3. The normalized spacial score (nSPS) is 14.3. The number of ether oxygens (including phenoxy) is 1. The van der Waals surface area contributed by atoms with Crippen LogP contribution in [0, 0.1) is 5.82 Å². The van der Waals surface area contributed by atoms with Gasteiger partial charge in [0, 0.05) is 5.39 Å². The number of sulfonamides is 1. The molecule has 0 bridgehead atoms. The molecule has 0 aliphatic carbocycles. The second-order valence-corrected chi connectivity index (χ2v) is 8.75. The van der Waals surface area contributed by atoms with Crippen molar-refractivity contribution in [2.75, 3.05) is 19.9 Å². The van der Waals surface area contributed by atoms with Crippen molar-refractivity contribution >= 4 is 48.8 Å². The van der Waals surface area contributed by atoms with Gasteiger partial charge in [0.1, 0.15) is 11.6 Å². The fraction of sp³-hybridized carbons (Fsp3) is 0.357. The average molecular weight is 392 g/mol. The maximum absolute atomic E-state index is 15.0. The number of rotatable bonds is 6. The SMILES string of the molecule is CNS(=O)(=O)C[C@](C)(NC(N)=S)c1sc2c(OC)cccc2c1F. The van der Waals surface area contributed by atoms with E-state index in [-0.39, 0.29) is 9.99 Å². The quantitative estimate of drug-likeness (QED) is 0.649. The van der Waals surface area contributed by atoms with Crippen LogP contribution in [0.3, 0.4) is 0 Å². The highest BCUT2D eigenvalue weighted by Crippen LogP contribution is 2.41. The summed E-state index contributed by atoms with van der Waals surface area (Å²) in [6, 6.07) is 5.00. The fourth-order valence-electron chi connectivity index (χ4n) is 2.46. The Hall–Kier alpha value is -1.49. The van der Waals surface area contributed by atoms with Crippen molar-refractivity contribution in [3.8, 4) is 5.75 Å². The largest absolute Gasteiger partial charge is 0.495 e. The van der Waals surface area contributed by atoms with Gasteiger partial charge in [-0.1, -0.05) is 12.1 Å². The lowest BCUT2D eigenvalue weighted by molar-refractivity contribution is 0.420. The Balaban J connectivity index is 2.68. The van der Waals surface area contributed by atoms with Gasteiger partial charge in [0.25, 0.3) is 0 Å². The minimum Gasteiger partial charge on any atom is -0.495 e. The molecule has 10 heteroatoms. The second-order valence-electron chi connectivity index (χ2n) is 5.37. The molecule has 6 nitrogen and oxygen atoms in total. The Labute approximate surface area is 149 Å². The molecule has 2 aromatic rings. The van der Waals surface area contributed by atoms with Gasteiger partial charge in [-0.2, -0.15) is 0 Å². The first-order chi connectivity index (χ1) is 11.1. The van der Waals surface area contributed by atoms with Crippen molar-refractivity contribution in [3.05, 3.63) is 28.9 Å². The summed E-state index contributed by atoms with van der Waals surface area (Å²) < 4.78 is 47.1. The predicted octanol–water partition coefficient (Wildman–Crippen LogP) is 1.65. The van der Waals surface area contributed by atoms with Crippen LogP contribution < -0.4 is 20.5 Å². The number of methoxy groups -OCH3 is 1. The first kappa shape index (κ1) is 18.8. The Morgan fingerprint density at radius 1 is 1.50 bits per heavy atom. The molecule has 132 valence electrons. The van der Waals surface area contributed by atoms with Crippen LogP contribution >= 0.6 is 23.6 Å². The molecule has 1 aromatic carbocycles. The second kappa shape index (κ2) is 6.79. The van der Waals surface area contributed by atoms with Gasteiger partial charge >= 0.3 is 0 Å². The monoisotopic (exact) mass is 391 g/mol. The van der Waals surface area contributed by atoms with E-state index in [1.807, 2.05) is 0 Å². The van der Waals surface area contributed by atoms with Crippen LogP contribution in [0.15, 0.2) is 18.2 Å². The summed E-state index contributed by atoms with van der Waals surface area (Å²) in [5.41, 5.74) is 4.21. The molecule has 4 N–H and O–H groups in total. The third-order valence-electron chi connectivity index (χ3n) is 3.53. The number of nitrogens with one attached hydrogen (secondary N) is 2. The molecule has 1 atom stereocenters. The minimum absolute atomic E-state index is 0.118. The first-order valence-electron chi connectivity index (χ1n) is 6.88. The van der Waals surface area contributed by atoms with Crippen LogP contribution in [0.4, 0.5) is 4.39 Å². The van der Waals surface area contributed by atoms with Crippen LogP contribution in [0.2, 0.25) is 0 Å². The zero-order chi connectivity index (χ0) is 18.1. The van der Waals surface area contributed by atoms with Crippen LogP contribution in [-0.2, 0) is 15.6 Å². The van der Waals surface area contributed by atoms with Crippen molar-refractivity contribution in [1.82, 2.24) is 10.0 Å².